The van der Waals surface area contributed by atoms with Gasteiger partial charge in [0.25, 0.3) is 0 Å². The van der Waals surface area contributed by atoms with E-state index in [4.69, 9.17) is 4.74 Å². The van der Waals surface area contributed by atoms with E-state index in [0.29, 0.717) is 17.4 Å². The Balaban J connectivity index is 1.87. The van der Waals surface area contributed by atoms with Crippen LogP contribution in [0.2, 0.25) is 0 Å². The lowest BCUT2D eigenvalue weighted by Gasteiger charge is -2.57. The van der Waals surface area contributed by atoms with Crippen LogP contribution in [0.15, 0.2) is 18.2 Å². The van der Waals surface area contributed by atoms with Crippen molar-refractivity contribution in [2.45, 2.75) is 50.0 Å². The summed E-state index contributed by atoms with van der Waals surface area (Å²) in [5, 5.41) is 9.48. The minimum atomic E-state index is 0.304. The summed E-state index contributed by atoms with van der Waals surface area (Å²) in [6.07, 6.45) is 9.81. The first kappa shape index (κ1) is 13.0. The smallest absolute Gasteiger partial charge is 0.179 e. The van der Waals surface area contributed by atoms with E-state index in [0.717, 1.165) is 25.1 Å². The van der Waals surface area contributed by atoms with Crippen LogP contribution in [0.5, 0.6) is 5.75 Å². The van der Waals surface area contributed by atoms with Gasteiger partial charge in [-0.3, -0.25) is 0 Å². The van der Waals surface area contributed by atoms with Crippen LogP contribution in [-0.2, 0) is 11.8 Å². The van der Waals surface area contributed by atoms with Gasteiger partial charge in [-0.1, -0.05) is 18.9 Å². The fourth-order valence-electron chi connectivity index (χ4n) is 5.24. The van der Waals surface area contributed by atoms with E-state index in [2.05, 4.69) is 29.3 Å². The third-order valence-electron chi connectivity index (χ3n) is 6.17. The summed E-state index contributed by atoms with van der Waals surface area (Å²) in [5.74, 6) is 1.63. The van der Waals surface area contributed by atoms with Crippen LogP contribution < -0.4 is 4.74 Å². The lowest BCUT2D eigenvalue weighted by molar-refractivity contribution is 0.0181. The van der Waals surface area contributed by atoms with E-state index in [9.17, 15) is 5.26 Å². The van der Waals surface area contributed by atoms with Crippen molar-refractivity contribution in [1.29, 1.82) is 5.26 Å². The lowest BCUT2D eigenvalue weighted by atomic mass is 9.52. The van der Waals surface area contributed by atoms with Gasteiger partial charge in [0.15, 0.2) is 6.19 Å². The molecule has 2 fully saturated rings. The molecule has 1 saturated carbocycles. The van der Waals surface area contributed by atoms with Crippen molar-refractivity contribution in [3.05, 3.63) is 29.3 Å². The second-order valence-corrected chi connectivity index (χ2v) is 6.85. The number of piperidine rings is 1. The third-order valence-corrected chi connectivity index (χ3v) is 6.17. The predicted octanol–water partition coefficient (Wildman–Crippen LogP) is 3.23. The molecule has 110 valence electrons. The van der Waals surface area contributed by atoms with E-state index in [1.807, 2.05) is 0 Å². The number of likely N-dealkylation sites (tertiary alicyclic amines) is 1. The van der Waals surface area contributed by atoms with Gasteiger partial charge in [0.05, 0.1) is 7.11 Å². The monoisotopic (exact) mass is 282 g/mol. The minimum Gasteiger partial charge on any atom is -0.497 e. The number of hydrogen-bond acceptors (Lipinski definition) is 3. The minimum absolute atomic E-state index is 0.304. The largest absolute Gasteiger partial charge is 0.497 e. The fraction of sp³-hybridized carbons (Fsp3) is 0.611. The molecule has 0 amide bonds. The highest BCUT2D eigenvalue weighted by Gasteiger charge is 2.53. The van der Waals surface area contributed by atoms with Crippen LogP contribution in [0.1, 0.15) is 43.2 Å². The maximum Gasteiger partial charge on any atom is 0.179 e. The van der Waals surface area contributed by atoms with E-state index in [1.165, 1.54) is 36.8 Å². The molecule has 2 bridgehead atoms. The molecule has 3 atom stereocenters. The summed E-state index contributed by atoms with van der Waals surface area (Å²) >= 11 is 0. The summed E-state index contributed by atoms with van der Waals surface area (Å²) in [5.41, 5.74) is 3.28. The predicted molar refractivity (Wildman–Crippen MR) is 81.1 cm³/mol. The molecule has 1 aromatic rings. The van der Waals surface area contributed by atoms with Crippen molar-refractivity contribution < 1.29 is 4.74 Å². The highest BCUT2D eigenvalue weighted by atomic mass is 16.5. The van der Waals surface area contributed by atoms with Crippen LogP contribution in [0, 0.1) is 17.4 Å². The Kier molecular flexibility index (Phi) is 2.89. The molecule has 4 rings (SSSR count). The van der Waals surface area contributed by atoms with Crippen molar-refractivity contribution in [3.63, 3.8) is 0 Å². The number of ether oxygens (including phenoxy) is 1. The van der Waals surface area contributed by atoms with E-state index in [-0.39, 0.29) is 0 Å². The molecule has 2 aliphatic carbocycles. The summed E-state index contributed by atoms with van der Waals surface area (Å²) in [4.78, 5) is 2.06. The van der Waals surface area contributed by atoms with E-state index >= 15 is 0 Å². The van der Waals surface area contributed by atoms with Gasteiger partial charge in [-0.25, -0.2) is 0 Å². The first-order valence-corrected chi connectivity index (χ1v) is 8.12. The lowest BCUT2D eigenvalue weighted by Crippen LogP contribution is -2.59. The third kappa shape index (κ3) is 1.71. The maximum absolute atomic E-state index is 9.48. The first-order chi connectivity index (χ1) is 10.3. The fourth-order valence-corrected chi connectivity index (χ4v) is 5.24. The first-order valence-electron chi connectivity index (χ1n) is 8.12. The van der Waals surface area contributed by atoms with Gasteiger partial charge in [-0.15, -0.1) is 0 Å². The van der Waals surface area contributed by atoms with Crippen LogP contribution in [0.3, 0.4) is 0 Å². The molecule has 0 aromatic heterocycles. The molecular formula is C18H22N2O. The molecule has 3 aliphatic rings. The summed E-state index contributed by atoms with van der Waals surface area (Å²) in [6.45, 7) is 0.925. The molecule has 0 radical (unpaired) electrons. The SMILES string of the molecule is COc1ccc2c(c1)[C@@]13CCCC[C@H]1[C@@H](C2)N(C#N)CC3. The van der Waals surface area contributed by atoms with Crippen LogP contribution in [0.4, 0.5) is 0 Å². The quantitative estimate of drug-likeness (QED) is 0.742. The number of nitrogens with zero attached hydrogens (tertiary/aromatic N) is 2. The number of methoxy groups -OCH3 is 1. The zero-order valence-corrected chi connectivity index (χ0v) is 12.6. The number of hydrogen-bond donors (Lipinski definition) is 0. The second-order valence-electron chi connectivity index (χ2n) is 6.85. The Morgan fingerprint density at radius 1 is 1.33 bits per heavy atom. The Morgan fingerprint density at radius 2 is 2.24 bits per heavy atom. The Hall–Kier alpha value is -1.69. The van der Waals surface area contributed by atoms with Crippen molar-refractivity contribution in [1.82, 2.24) is 4.90 Å². The van der Waals surface area contributed by atoms with Gasteiger partial charge in [0.2, 0.25) is 0 Å². The van der Waals surface area contributed by atoms with Gasteiger partial charge >= 0.3 is 0 Å². The van der Waals surface area contributed by atoms with Gasteiger partial charge in [0.1, 0.15) is 5.75 Å². The van der Waals surface area contributed by atoms with Crippen LogP contribution in [0.25, 0.3) is 0 Å². The van der Waals surface area contributed by atoms with E-state index in [1.54, 1.807) is 7.11 Å². The molecule has 3 nitrogen and oxygen atoms in total. The van der Waals surface area contributed by atoms with Crippen LogP contribution >= 0.6 is 0 Å². The average molecular weight is 282 g/mol. The number of benzene rings is 1. The summed E-state index contributed by atoms with van der Waals surface area (Å²) < 4.78 is 5.47. The molecular weight excluding hydrogens is 260 g/mol. The molecule has 21 heavy (non-hydrogen) atoms. The normalized spacial score (nSPS) is 33.6. The standard InChI is InChI=1S/C18H22N2O/c1-21-14-6-5-13-10-17-15-4-2-3-7-18(15,16(13)11-14)8-9-20(17)12-19/h5-6,11,15,17H,2-4,7-10H2,1H3/t15-,17+,18+/m0/s1. The van der Waals surface area contributed by atoms with Gasteiger partial charge in [-0.05, 0) is 54.9 Å². The molecule has 0 spiro atoms. The molecule has 0 N–H and O–H groups in total. The molecule has 0 unspecified atom stereocenters. The molecule has 1 aromatic carbocycles. The zero-order chi connectivity index (χ0) is 14.4. The van der Waals surface area contributed by atoms with Crippen molar-refractivity contribution >= 4 is 0 Å². The Morgan fingerprint density at radius 3 is 3.05 bits per heavy atom. The zero-order valence-electron chi connectivity index (χ0n) is 12.6. The average Bonchev–Trinajstić information content (AvgIpc) is 2.54. The summed E-state index contributed by atoms with van der Waals surface area (Å²) in [7, 11) is 1.75. The topological polar surface area (TPSA) is 36.3 Å². The number of nitriles is 1. The van der Waals surface area contributed by atoms with Gasteiger partial charge in [0, 0.05) is 18.0 Å². The molecule has 3 heteroatoms. The van der Waals surface area contributed by atoms with Gasteiger partial charge < -0.3 is 9.64 Å². The molecule has 1 aliphatic heterocycles. The number of fused-ring (bicyclic) bond motifs is 1. The highest BCUT2D eigenvalue weighted by Crippen LogP contribution is 2.56. The van der Waals surface area contributed by atoms with Crippen molar-refractivity contribution in [2.24, 2.45) is 5.92 Å². The van der Waals surface area contributed by atoms with Crippen LogP contribution in [-0.4, -0.2) is 24.6 Å². The highest BCUT2D eigenvalue weighted by molar-refractivity contribution is 5.45. The second kappa shape index (κ2) is 4.66. The van der Waals surface area contributed by atoms with E-state index < -0.39 is 0 Å². The number of rotatable bonds is 1. The Bertz CT molecular complexity index is 606. The summed E-state index contributed by atoms with van der Waals surface area (Å²) in [6, 6.07) is 7.01. The van der Waals surface area contributed by atoms with Crippen molar-refractivity contribution in [3.8, 4) is 11.9 Å². The molecule has 1 heterocycles. The Labute approximate surface area is 126 Å². The van der Waals surface area contributed by atoms with Crippen molar-refractivity contribution in [2.75, 3.05) is 13.7 Å². The maximum atomic E-state index is 9.48. The molecule has 1 saturated heterocycles. The van der Waals surface area contributed by atoms with Gasteiger partial charge in [-0.2, -0.15) is 5.26 Å².